The van der Waals surface area contributed by atoms with Crippen molar-refractivity contribution in [1.29, 1.82) is 0 Å². The average Bonchev–Trinajstić information content (AvgIpc) is 3.07. The number of likely N-dealkylation sites (tertiary alicyclic amines) is 1. The van der Waals surface area contributed by atoms with Crippen LogP contribution in [0, 0.1) is 6.92 Å². The summed E-state index contributed by atoms with van der Waals surface area (Å²) in [5, 5.41) is 10.6. The minimum absolute atomic E-state index is 0. The Labute approximate surface area is 163 Å². The van der Waals surface area contributed by atoms with Gasteiger partial charge in [0, 0.05) is 31.9 Å². The van der Waals surface area contributed by atoms with Gasteiger partial charge in [-0.1, -0.05) is 0 Å². The Morgan fingerprint density at radius 1 is 1.44 bits per heavy atom. The smallest absolute Gasteiger partial charge is 0.357 e. The number of alkyl halides is 3. The molecular formula is C15H26F3IN6. The molecule has 1 aromatic heterocycles. The van der Waals surface area contributed by atoms with Gasteiger partial charge in [-0.2, -0.15) is 18.3 Å². The highest BCUT2D eigenvalue weighted by Gasteiger charge is 2.34. The first-order valence-corrected chi connectivity index (χ1v) is 8.18. The van der Waals surface area contributed by atoms with Gasteiger partial charge < -0.3 is 10.6 Å². The summed E-state index contributed by atoms with van der Waals surface area (Å²) in [7, 11) is 0. The first-order valence-electron chi connectivity index (χ1n) is 8.18. The second-order valence-electron chi connectivity index (χ2n) is 6.02. The van der Waals surface area contributed by atoms with Gasteiger partial charge in [0.25, 0.3) is 0 Å². The molecule has 1 unspecified atom stereocenters. The van der Waals surface area contributed by atoms with Crippen molar-refractivity contribution in [3.8, 4) is 0 Å². The van der Waals surface area contributed by atoms with Crippen molar-refractivity contribution in [2.24, 2.45) is 4.99 Å². The number of aromatic nitrogens is 2. The maximum absolute atomic E-state index is 12.4. The van der Waals surface area contributed by atoms with Crippen LogP contribution in [0.1, 0.15) is 18.9 Å². The van der Waals surface area contributed by atoms with E-state index < -0.39 is 12.7 Å². The molecule has 1 aliphatic rings. The van der Waals surface area contributed by atoms with E-state index in [0.717, 1.165) is 5.56 Å². The third-order valence-corrected chi connectivity index (χ3v) is 3.72. The fourth-order valence-corrected chi connectivity index (χ4v) is 2.71. The van der Waals surface area contributed by atoms with Gasteiger partial charge in [-0.15, -0.1) is 24.0 Å². The lowest BCUT2D eigenvalue weighted by molar-refractivity contribution is -0.143. The summed E-state index contributed by atoms with van der Waals surface area (Å²) in [4.78, 5) is 5.90. The predicted molar refractivity (Wildman–Crippen MR) is 102 cm³/mol. The molecule has 1 saturated heterocycles. The monoisotopic (exact) mass is 474 g/mol. The Hall–Kier alpha value is -1.04. The topological polar surface area (TPSA) is 57.5 Å². The van der Waals surface area contributed by atoms with Gasteiger partial charge in [0.15, 0.2) is 5.96 Å². The summed E-state index contributed by atoms with van der Waals surface area (Å²) >= 11 is 0. The number of hydrogen-bond acceptors (Lipinski definition) is 3. The number of hydrogen-bond donors (Lipinski definition) is 2. The molecule has 0 radical (unpaired) electrons. The number of rotatable bonds is 6. The molecule has 1 fully saturated rings. The quantitative estimate of drug-likeness (QED) is 0.377. The van der Waals surface area contributed by atoms with Gasteiger partial charge in [0.1, 0.15) is 0 Å². The Kier molecular flexibility index (Phi) is 8.97. The highest BCUT2D eigenvalue weighted by molar-refractivity contribution is 14.0. The van der Waals surface area contributed by atoms with Crippen LogP contribution >= 0.6 is 24.0 Å². The summed E-state index contributed by atoms with van der Waals surface area (Å²) in [6.07, 6.45) is 0.275. The second-order valence-corrected chi connectivity index (χ2v) is 6.02. The van der Waals surface area contributed by atoms with Crippen molar-refractivity contribution in [1.82, 2.24) is 25.3 Å². The average molecular weight is 474 g/mol. The first kappa shape index (κ1) is 22.0. The van der Waals surface area contributed by atoms with Crippen LogP contribution in [0.2, 0.25) is 0 Å². The third kappa shape index (κ3) is 8.25. The summed E-state index contributed by atoms with van der Waals surface area (Å²) in [5.41, 5.74) is 1.10. The van der Waals surface area contributed by atoms with E-state index in [1.165, 1.54) is 4.90 Å². The minimum atomic E-state index is -4.14. The number of nitrogens with zero attached hydrogens (tertiary/aromatic N) is 4. The summed E-state index contributed by atoms with van der Waals surface area (Å²) < 4.78 is 39.1. The zero-order chi connectivity index (χ0) is 17.6. The molecule has 25 heavy (non-hydrogen) atoms. The van der Waals surface area contributed by atoms with Crippen LogP contribution in [0.4, 0.5) is 13.2 Å². The van der Waals surface area contributed by atoms with Gasteiger partial charge >= 0.3 is 6.18 Å². The van der Waals surface area contributed by atoms with Crippen molar-refractivity contribution in [3.05, 3.63) is 18.0 Å². The Morgan fingerprint density at radius 2 is 2.20 bits per heavy atom. The van der Waals surface area contributed by atoms with E-state index in [4.69, 9.17) is 0 Å². The Morgan fingerprint density at radius 3 is 2.80 bits per heavy atom. The number of guanidine groups is 1. The van der Waals surface area contributed by atoms with Crippen molar-refractivity contribution in [3.63, 3.8) is 0 Å². The maximum Gasteiger partial charge on any atom is 0.401 e. The Bertz CT molecular complexity index is 546. The van der Waals surface area contributed by atoms with E-state index in [9.17, 15) is 13.2 Å². The van der Waals surface area contributed by atoms with Crippen molar-refractivity contribution < 1.29 is 13.2 Å². The van der Waals surface area contributed by atoms with Crippen molar-refractivity contribution in [2.45, 2.75) is 39.0 Å². The van der Waals surface area contributed by atoms with Gasteiger partial charge in [0.2, 0.25) is 0 Å². The molecule has 2 N–H and O–H groups in total. The molecule has 0 spiro atoms. The predicted octanol–water partition coefficient (Wildman–Crippen LogP) is 2.00. The molecule has 10 heteroatoms. The van der Waals surface area contributed by atoms with E-state index in [1.807, 2.05) is 24.7 Å². The van der Waals surface area contributed by atoms with Crippen LogP contribution in [0.3, 0.4) is 0 Å². The summed E-state index contributed by atoms with van der Waals surface area (Å²) in [6, 6.07) is -0.0166. The molecule has 0 amide bonds. The summed E-state index contributed by atoms with van der Waals surface area (Å²) in [6.45, 7) is 5.82. The zero-order valence-corrected chi connectivity index (χ0v) is 16.8. The van der Waals surface area contributed by atoms with Crippen LogP contribution in [0.5, 0.6) is 0 Å². The lowest BCUT2D eigenvalue weighted by atomic mass is 10.3. The molecule has 144 valence electrons. The second kappa shape index (κ2) is 10.2. The van der Waals surface area contributed by atoms with Crippen LogP contribution in [0.25, 0.3) is 0 Å². The van der Waals surface area contributed by atoms with E-state index >= 15 is 0 Å². The number of aryl methyl sites for hydroxylation is 1. The molecular weight excluding hydrogens is 448 g/mol. The van der Waals surface area contributed by atoms with E-state index in [-0.39, 0.29) is 30.0 Å². The molecule has 0 bridgehead atoms. The maximum atomic E-state index is 12.4. The SMILES string of the molecule is CCNC(=NCCn1cc(C)cn1)NC1CCN(CC(F)(F)F)C1.I. The molecule has 0 saturated carbocycles. The van der Waals surface area contributed by atoms with Crippen LogP contribution < -0.4 is 10.6 Å². The number of aliphatic imine (C=N–C) groups is 1. The van der Waals surface area contributed by atoms with Gasteiger partial charge in [0.05, 0.1) is 25.8 Å². The lowest BCUT2D eigenvalue weighted by Crippen LogP contribution is -2.45. The fraction of sp³-hybridized carbons (Fsp3) is 0.733. The van der Waals surface area contributed by atoms with Crippen LogP contribution in [-0.2, 0) is 6.54 Å². The molecule has 1 aromatic rings. The largest absolute Gasteiger partial charge is 0.401 e. The third-order valence-electron chi connectivity index (χ3n) is 3.72. The molecule has 1 atom stereocenters. The van der Waals surface area contributed by atoms with E-state index in [1.54, 1.807) is 6.20 Å². The number of nitrogens with one attached hydrogen (secondary N) is 2. The van der Waals surface area contributed by atoms with Gasteiger partial charge in [-0.25, -0.2) is 0 Å². The van der Waals surface area contributed by atoms with Crippen molar-refractivity contribution in [2.75, 3.05) is 32.7 Å². The lowest BCUT2D eigenvalue weighted by Gasteiger charge is -2.19. The molecule has 6 nitrogen and oxygen atoms in total. The highest BCUT2D eigenvalue weighted by Crippen LogP contribution is 2.19. The standard InChI is InChI=1S/C15H25F3N6.HI/c1-3-19-14(20-5-7-24-9-12(2)8-21-24)22-13-4-6-23(10-13)11-15(16,17)18;/h8-9,13H,3-7,10-11H2,1-2H3,(H2,19,20,22);1H. The molecule has 1 aliphatic heterocycles. The first-order chi connectivity index (χ1) is 11.4. The van der Waals surface area contributed by atoms with Crippen LogP contribution in [-0.4, -0.2) is 65.6 Å². The molecule has 2 rings (SSSR count). The normalized spacial score (nSPS) is 18.9. The van der Waals surface area contributed by atoms with Crippen LogP contribution in [0.15, 0.2) is 17.4 Å². The molecule has 0 aromatic carbocycles. The molecule has 2 heterocycles. The highest BCUT2D eigenvalue weighted by atomic mass is 127. The van der Waals surface area contributed by atoms with Gasteiger partial charge in [-0.3, -0.25) is 14.6 Å². The minimum Gasteiger partial charge on any atom is -0.357 e. The Balaban J connectivity index is 0.00000312. The summed E-state index contributed by atoms with van der Waals surface area (Å²) in [5.74, 6) is 0.639. The zero-order valence-electron chi connectivity index (χ0n) is 14.5. The number of halogens is 4. The fourth-order valence-electron chi connectivity index (χ4n) is 2.71. The van der Waals surface area contributed by atoms with Gasteiger partial charge in [-0.05, 0) is 25.8 Å². The van der Waals surface area contributed by atoms with Crippen molar-refractivity contribution >= 4 is 29.9 Å². The van der Waals surface area contributed by atoms with E-state index in [2.05, 4.69) is 20.7 Å². The van der Waals surface area contributed by atoms with E-state index in [0.29, 0.717) is 45.1 Å². The molecule has 0 aliphatic carbocycles.